The Labute approximate surface area is 252 Å². The molecule has 2 saturated heterocycles. The Kier molecular flexibility index (Phi) is 13.6. The van der Waals surface area contributed by atoms with E-state index >= 15 is 0 Å². The van der Waals surface area contributed by atoms with E-state index in [0.29, 0.717) is 47.8 Å². The molecule has 2 saturated carbocycles. The van der Waals surface area contributed by atoms with E-state index in [2.05, 4.69) is 50.8 Å². The number of hydrogen-bond donors (Lipinski definition) is 4. The molecule has 4 rings (SSSR count). The van der Waals surface area contributed by atoms with E-state index < -0.39 is 0 Å². The molecule has 8 atom stereocenters. The molecule has 0 aromatic heterocycles. The molecule has 8 unspecified atom stereocenters. The molecule has 6 nitrogen and oxygen atoms in total. The Hall–Kier alpha value is -0.820. The van der Waals surface area contributed by atoms with E-state index in [1.54, 1.807) is 0 Å². The van der Waals surface area contributed by atoms with Gasteiger partial charge in [0.2, 0.25) is 0 Å². The monoisotopic (exact) mass is 573 g/mol. The topological polar surface area (TPSA) is 89.2 Å². The average Bonchev–Trinajstić information content (AvgIpc) is 3.02. The maximum absolute atomic E-state index is 9.60. The number of aliphatic hydroxyl groups is 2. The summed E-state index contributed by atoms with van der Waals surface area (Å²) in [5.41, 5.74) is 0. The molecule has 0 bridgehead atoms. The van der Waals surface area contributed by atoms with Crippen molar-refractivity contribution < 1.29 is 10.2 Å². The smallest absolute Gasteiger partial charge is 0.0584 e. The molecule has 6 heteroatoms. The first kappa shape index (κ1) is 33.1. The van der Waals surface area contributed by atoms with Gasteiger partial charge in [-0.05, 0) is 106 Å². The van der Waals surface area contributed by atoms with Crippen LogP contribution in [0.2, 0.25) is 0 Å². The quantitative estimate of drug-likeness (QED) is 0.210. The van der Waals surface area contributed by atoms with Crippen LogP contribution >= 0.6 is 0 Å². The van der Waals surface area contributed by atoms with Gasteiger partial charge in [-0.2, -0.15) is 0 Å². The summed E-state index contributed by atoms with van der Waals surface area (Å²) in [7, 11) is 0. The Bertz CT molecular complexity index is 713. The largest absolute Gasteiger partial charge is 0.395 e. The molecule has 4 N–H and O–H groups in total. The highest BCUT2D eigenvalue weighted by atomic mass is 16.3. The fourth-order valence-electron chi connectivity index (χ4n) is 9.25. The lowest BCUT2D eigenvalue weighted by atomic mass is 9.63. The summed E-state index contributed by atoms with van der Waals surface area (Å²) in [5.74, 6) is 4.46. The van der Waals surface area contributed by atoms with E-state index in [1.807, 2.05) is 0 Å². The van der Waals surface area contributed by atoms with Crippen molar-refractivity contribution >= 4 is 12.4 Å². The third-order valence-corrected chi connectivity index (χ3v) is 11.6. The first-order valence-corrected chi connectivity index (χ1v) is 17.8. The van der Waals surface area contributed by atoms with Gasteiger partial charge >= 0.3 is 0 Å². The molecule has 0 spiro atoms. The SMILES string of the molecule is CCC1CC(CC2CC(CC)C(N=CC3CCCC(CO)N3)C(CC)C2)CC(CC)C1N=CC1CCCC(CO)N1. The minimum absolute atomic E-state index is 0.236. The van der Waals surface area contributed by atoms with E-state index in [1.165, 1.54) is 70.6 Å². The van der Waals surface area contributed by atoms with Crippen LogP contribution in [-0.4, -0.2) is 72.1 Å². The molecule has 4 aliphatic rings. The predicted molar refractivity (Wildman–Crippen MR) is 173 cm³/mol. The highest BCUT2D eigenvalue weighted by Crippen LogP contribution is 2.46. The van der Waals surface area contributed by atoms with Crippen LogP contribution in [0.3, 0.4) is 0 Å². The minimum Gasteiger partial charge on any atom is -0.395 e. The second kappa shape index (κ2) is 16.9. The second-order valence-corrected chi connectivity index (χ2v) is 14.3. The Morgan fingerprint density at radius 1 is 0.585 bits per heavy atom. The number of aliphatic imine (C=N–C) groups is 2. The molecule has 2 aliphatic carbocycles. The number of rotatable bonds is 12. The zero-order valence-electron chi connectivity index (χ0n) is 26.9. The third kappa shape index (κ3) is 9.09. The van der Waals surface area contributed by atoms with Crippen molar-refractivity contribution in [1.82, 2.24) is 10.6 Å². The van der Waals surface area contributed by atoms with E-state index in [0.717, 1.165) is 37.5 Å². The van der Waals surface area contributed by atoms with Gasteiger partial charge in [0, 0.05) is 36.6 Å². The van der Waals surface area contributed by atoms with E-state index in [9.17, 15) is 10.2 Å². The fourth-order valence-corrected chi connectivity index (χ4v) is 9.25. The molecule has 4 fully saturated rings. The summed E-state index contributed by atoms with van der Waals surface area (Å²) in [6.07, 6.45) is 23.0. The van der Waals surface area contributed by atoms with Crippen LogP contribution in [0, 0.1) is 35.5 Å². The third-order valence-electron chi connectivity index (χ3n) is 11.6. The van der Waals surface area contributed by atoms with Gasteiger partial charge in [0.25, 0.3) is 0 Å². The minimum atomic E-state index is 0.236. The molecule has 236 valence electrons. The van der Waals surface area contributed by atoms with Crippen LogP contribution in [0.1, 0.15) is 124 Å². The molecule has 0 amide bonds. The van der Waals surface area contributed by atoms with Gasteiger partial charge < -0.3 is 20.8 Å². The van der Waals surface area contributed by atoms with Crippen LogP contribution < -0.4 is 10.6 Å². The normalized spacial score (nSPS) is 42.7. The van der Waals surface area contributed by atoms with Gasteiger partial charge in [0.05, 0.1) is 25.3 Å². The molecule has 0 radical (unpaired) electrons. The molecule has 41 heavy (non-hydrogen) atoms. The maximum atomic E-state index is 9.60. The predicted octanol–water partition coefficient (Wildman–Crippen LogP) is 6.19. The standard InChI is InChI=1S/C35H64N4O2/c1-5-26-16-24(17-27(6-2)34(26)36-20-30-11-9-13-32(22-40)38-30)15-25-18-28(7-3)35(29(8-4)19-25)37-21-31-12-10-14-33(23-41)39-31/h20-21,24-35,38-41H,5-19,22-23H2,1-4H3. The van der Waals surface area contributed by atoms with Crippen molar-refractivity contribution in [3.05, 3.63) is 0 Å². The Morgan fingerprint density at radius 3 is 1.27 bits per heavy atom. The highest BCUT2D eigenvalue weighted by molar-refractivity contribution is 5.65. The number of piperidine rings is 2. The van der Waals surface area contributed by atoms with Gasteiger partial charge in [-0.3, -0.25) is 9.98 Å². The second-order valence-electron chi connectivity index (χ2n) is 14.3. The molecule has 2 heterocycles. The lowest BCUT2D eigenvalue weighted by Crippen LogP contribution is -2.46. The van der Waals surface area contributed by atoms with Crippen LogP contribution in [0.15, 0.2) is 9.98 Å². The van der Waals surface area contributed by atoms with Gasteiger partial charge in [0.1, 0.15) is 0 Å². The summed E-state index contributed by atoms with van der Waals surface area (Å²) < 4.78 is 0. The first-order valence-electron chi connectivity index (χ1n) is 17.8. The Morgan fingerprint density at radius 2 is 0.951 bits per heavy atom. The van der Waals surface area contributed by atoms with Crippen molar-refractivity contribution in [2.75, 3.05) is 13.2 Å². The summed E-state index contributed by atoms with van der Waals surface area (Å²) in [6, 6.07) is 2.06. The van der Waals surface area contributed by atoms with Gasteiger partial charge in [-0.25, -0.2) is 0 Å². The van der Waals surface area contributed by atoms with Gasteiger partial charge in [-0.1, -0.05) is 53.4 Å². The van der Waals surface area contributed by atoms with E-state index in [4.69, 9.17) is 9.98 Å². The molecular weight excluding hydrogens is 508 g/mol. The van der Waals surface area contributed by atoms with Crippen molar-refractivity contribution in [3.8, 4) is 0 Å². The van der Waals surface area contributed by atoms with Gasteiger partial charge in [0.15, 0.2) is 0 Å². The van der Waals surface area contributed by atoms with Gasteiger partial charge in [-0.15, -0.1) is 0 Å². The molecular formula is C35H64N4O2. The Balaban J connectivity index is 1.35. The number of hydrogen-bond acceptors (Lipinski definition) is 6. The number of aliphatic hydroxyl groups excluding tert-OH is 2. The van der Waals surface area contributed by atoms with Crippen molar-refractivity contribution in [2.24, 2.45) is 45.5 Å². The molecule has 0 aromatic carbocycles. The number of nitrogens with one attached hydrogen (secondary N) is 2. The summed E-state index contributed by atoms with van der Waals surface area (Å²) in [6.45, 7) is 10.0. The molecule has 2 aliphatic heterocycles. The van der Waals surface area contributed by atoms with Crippen LogP contribution in [0.5, 0.6) is 0 Å². The van der Waals surface area contributed by atoms with E-state index in [-0.39, 0.29) is 25.3 Å². The average molecular weight is 573 g/mol. The summed E-state index contributed by atoms with van der Waals surface area (Å²) in [5, 5.41) is 26.4. The summed E-state index contributed by atoms with van der Waals surface area (Å²) >= 11 is 0. The molecule has 0 aromatic rings. The van der Waals surface area contributed by atoms with Crippen molar-refractivity contribution in [2.45, 2.75) is 160 Å². The zero-order chi connectivity index (χ0) is 29.2. The van der Waals surface area contributed by atoms with Crippen LogP contribution in [0.25, 0.3) is 0 Å². The fraction of sp³-hybridized carbons (Fsp3) is 0.943. The van der Waals surface area contributed by atoms with Crippen molar-refractivity contribution in [1.29, 1.82) is 0 Å². The summed E-state index contributed by atoms with van der Waals surface area (Å²) in [4.78, 5) is 10.6. The van der Waals surface area contributed by atoms with Crippen LogP contribution in [-0.2, 0) is 0 Å². The van der Waals surface area contributed by atoms with Crippen LogP contribution in [0.4, 0.5) is 0 Å². The highest BCUT2D eigenvalue weighted by Gasteiger charge is 2.40. The first-order chi connectivity index (χ1) is 20.0. The maximum Gasteiger partial charge on any atom is 0.0584 e. The number of nitrogens with zero attached hydrogens (tertiary/aromatic N) is 2. The van der Waals surface area contributed by atoms with Crippen molar-refractivity contribution in [3.63, 3.8) is 0 Å². The lowest BCUT2D eigenvalue weighted by molar-refractivity contribution is 0.0952. The zero-order valence-corrected chi connectivity index (χ0v) is 26.9. The lowest BCUT2D eigenvalue weighted by Gasteiger charge is -2.44.